The molecule has 4 aromatic carbocycles. The topological polar surface area (TPSA) is 107 Å². The molecule has 5 aromatic rings. The van der Waals surface area contributed by atoms with Crippen molar-refractivity contribution in [1.29, 1.82) is 0 Å². The van der Waals surface area contributed by atoms with Crippen molar-refractivity contribution in [2.45, 2.75) is 45.9 Å². The van der Waals surface area contributed by atoms with Gasteiger partial charge in [-0.25, -0.2) is 4.79 Å². The van der Waals surface area contributed by atoms with E-state index in [1.165, 1.54) is 5.56 Å². The summed E-state index contributed by atoms with van der Waals surface area (Å²) in [5, 5.41) is 15.6. The van der Waals surface area contributed by atoms with Crippen LogP contribution in [0.2, 0.25) is 0 Å². The van der Waals surface area contributed by atoms with Gasteiger partial charge in [-0.05, 0) is 85.0 Å². The Balaban J connectivity index is 1.32. The van der Waals surface area contributed by atoms with Crippen molar-refractivity contribution >= 4 is 23.5 Å². The molecule has 1 aliphatic rings. The molecule has 1 atom stereocenters. The van der Waals surface area contributed by atoms with Crippen LogP contribution < -0.4 is 15.5 Å². The Morgan fingerprint density at radius 1 is 0.816 bits per heavy atom. The molecule has 250 valence electrons. The zero-order chi connectivity index (χ0) is 34.7. The molecular formula is C40H41N5O4. The van der Waals surface area contributed by atoms with E-state index in [-0.39, 0.29) is 36.2 Å². The number of aromatic nitrogens is 1. The first-order valence-electron chi connectivity index (χ1n) is 16.4. The van der Waals surface area contributed by atoms with Gasteiger partial charge in [0, 0.05) is 68.0 Å². The molecule has 2 heterocycles. The molecule has 9 nitrogen and oxygen atoms in total. The standard InChI is InChI=1S/C40H41N5O4/c1-26-20-30-12-8-9-13-31(30)25-45(26)39(48)34-19-14-29(24-42-40(49)41-23-28-10-6-5-7-11-28)21-36(34)37-22-35(27(2)43(37)3)38(47)44(4)32-15-17-33(46)18-16-32/h5-19,21-22,26,46H,20,23-25H2,1-4H3,(H2,41,42,49)/t26-/m1/s1. The number of benzene rings is 4. The summed E-state index contributed by atoms with van der Waals surface area (Å²) in [5.41, 5.74) is 7.99. The second-order valence-corrected chi connectivity index (χ2v) is 12.6. The maximum atomic E-state index is 14.4. The zero-order valence-corrected chi connectivity index (χ0v) is 28.2. The quantitative estimate of drug-likeness (QED) is 0.176. The van der Waals surface area contributed by atoms with Crippen molar-refractivity contribution in [3.8, 4) is 17.0 Å². The van der Waals surface area contributed by atoms with E-state index in [1.807, 2.05) is 90.2 Å². The molecule has 3 N–H and O–H groups in total. The van der Waals surface area contributed by atoms with Crippen molar-refractivity contribution in [3.05, 3.63) is 142 Å². The molecule has 0 spiro atoms. The van der Waals surface area contributed by atoms with Gasteiger partial charge in [-0.1, -0.05) is 60.7 Å². The highest BCUT2D eigenvalue weighted by Gasteiger charge is 2.30. The molecular weight excluding hydrogens is 614 g/mol. The van der Waals surface area contributed by atoms with Crippen LogP contribution >= 0.6 is 0 Å². The number of phenolic OH excluding ortho intramolecular Hbond substituents is 1. The minimum Gasteiger partial charge on any atom is -0.508 e. The Kier molecular flexibility index (Phi) is 9.53. The van der Waals surface area contributed by atoms with Gasteiger partial charge in [0.25, 0.3) is 11.8 Å². The number of nitrogens with one attached hydrogen (secondary N) is 2. The van der Waals surface area contributed by atoms with Gasteiger partial charge in [-0.15, -0.1) is 0 Å². The molecule has 9 heteroatoms. The number of phenols is 1. The molecule has 1 aliphatic heterocycles. The van der Waals surface area contributed by atoms with Crippen LogP contribution in [0.4, 0.5) is 10.5 Å². The van der Waals surface area contributed by atoms with Gasteiger partial charge < -0.3 is 30.1 Å². The lowest BCUT2D eigenvalue weighted by atomic mass is 9.93. The maximum Gasteiger partial charge on any atom is 0.315 e. The van der Waals surface area contributed by atoms with Crippen molar-refractivity contribution in [2.24, 2.45) is 7.05 Å². The minimum atomic E-state index is -0.300. The number of anilines is 1. The first kappa shape index (κ1) is 33.1. The molecule has 0 saturated heterocycles. The number of fused-ring (bicyclic) bond motifs is 1. The first-order chi connectivity index (χ1) is 23.6. The Bertz CT molecular complexity index is 2000. The van der Waals surface area contributed by atoms with Gasteiger partial charge in [0.2, 0.25) is 0 Å². The average molecular weight is 656 g/mol. The number of urea groups is 1. The van der Waals surface area contributed by atoms with Crippen LogP contribution in [0.3, 0.4) is 0 Å². The molecule has 0 aliphatic carbocycles. The normalized spacial score (nSPS) is 13.8. The van der Waals surface area contributed by atoms with Gasteiger partial charge >= 0.3 is 6.03 Å². The van der Waals surface area contributed by atoms with Crippen molar-refractivity contribution in [3.63, 3.8) is 0 Å². The Morgan fingerprint density at radius 2 is 1.47 bits per heavy atom. The number of aromatic hydroxyl groups is 1. The fraction of sp³-hybridized carbons (Fsp3) is 0.225. The number of hydrogen-bond acceptors (Lipinski definition) is 4. The highest BCUT2D eigenvalue weighted by Crippen LogP contribution is 2.33. The van der Waals surface area contributed by atoms with Crippen LogP contribution in [0.15, 0.2) is 103 Å². The van der Waals surface area contributed by atoms with Crippen LogP contribution in [-0.2, 0) is 33.1 Å². The summed E-state index contributed by atoms with van der Waals surface area (Å²) in [4.78, 5) is 44.4. The second kappa shape index (κ2) is 14.1. The molecule has 6 rings (SSSR count). The van der Waals surface area contributed by atoms with E-state index in [2.05, 4.69) is 29.7 Å². The summed E-state index contributed by atoms with van der Waals surface area (Å²) in [6, 6.07) is 31.5. The summed E-state index contributed by atoms with van der Waals surface area (Å²) in [6.45, 7) is 5.11. The fourth-order valence-corrected chi connectivity index (χ4v) is 6.38. The van der Waals surface area contributed by atoms with E-state index in [0.717, 1.165) is 28.8 Å². The minimum absolute atomic E-state index is 0.00357. The Hall–Kier alpha value is -5.83. The van der Waals surface area contributed by atoms with Crippen LogP contribution in [-0.4, -0.2) is 45.5 Å². The van der Waals surface area contributed by atoms with Gasteiger partial charge in [-0.2, -0.15) is 0 Å². The molecule has 1 aromatic heterocycles. The van der Waals surface area contributed by atoms with Crippen LogP contribution in [0, 0.1) is 6.92 Å². The maximum absolute atomic E-state index is 14.4. The summed E-state index contributed by atoms with van der Waals surface area (Å²) < 4.78 is 1.93. The summed E-state index contributed by atoms with van der Waals surface area (Å²) in [6.07, 6.45) is 0.767. The molecule has 49 heavy (non-hydrogen) atoms. The van der Waals surface area contributed by atoms with E-state index in [0.29, 0.717) is 41.2 Å². The number of hydrogen-bond donors (Lipinski definition) is 3. The number of carbonyl (C=O) groups excluding carboxylic acids is 3. The third-order valence-electron chi connectivity index (χ3n) is 9.41. The van der Waals surface area contributed by atoms with E-state index in [9.17, 15) is 19.5 Å². The van der Waals surface area contributed by atoms with E-state index >= 15 is 0 Å². The number of amides is 4. The van der Waals surface area contributed by atoms with Crippen LogP contribution in [0.1, 0.15) is 55.6 Å². The van der Waals surface area contributed by atoms with E-state index < -0.39 is 0 Å². The predicted octanol–water partition coefficient (Wildman–Crippen LogP) is 6.57. The fourth-order valence-electron chi connectivity index (χ4n) is 6.38. The molecule has 0 saturated carbocycles. The molecule has 0 unspecified atom stereocenters. The van der Waals surface area contributed by atoms with Crippen LogP contribution in [0.5, 0.6) is 5.75 Å². The summed E-state index contributed by atoms with van der Waals surface area (Å²) >= 11 is 0. The largest absolute Gasteiger partial charge is 0.508 e. The number of nitrogens with zero attached hydrogens (tertiary/aromatic N) is 3. The van der Waals surface area contributed by atoms with Crippen molar-refractivity contribution in [2.75, 3.05) is 11.9 Å². The van der Waals surface area contributed by atoms with Gasteiger partial charge in [0.1, 0.15) is 5.75 Å². The number of rotatable bonds is 8. The predicted molar refractivity (Wildman–Crippen MR) is 191 cm³/mol. The highest BCUT2D eigenvalue weighted by atomic mass is 16.3. The molecule has 0 bridgehead atoms. The van der Waals surface area contributed by atoms with Crippen LogP contribution in [0.25, 0.3) is 11.3 Å². The third-order valence-corrected chi connectivity index (χ3v) is 9.41. The van der Waals surface area contributed by atoms with E-state index in [4.69, 9.17) is 0 Å². The average Bonchev–Trinajstić information content (AvgIpc) is 3.42. The second-order valence-electron chi connectivity index (χ2n) is 12.6. The lowest BCUT2D eigenvalue weighted by molar-refractivity contribution is 0.0659. The SMILES string of the molecule is Cc1c(C(=O)N(C)c2ccc(O)cc2)cc(-c2cc(CNC(=O)NCc3ccccc3)ccc2C(=O)N2Cc3ccccc3C[C@H]2C)n1C. The lowest BCUT2D eigenvalue weighted by Crippen LogP contribution is -2.42. The Morgan fingerprint density at radius 3 is 2.18 bits per heavy atom. The van der Waals surface area contributed by atoms with Gasteiger partial charge in [0.05, 0.1) is 5.56 Å². The molecule has 0 radical (unpaired) electrons. The van der Waals surface area contributed by atoms with Crippen molar-refractivity contribution in [1.82, 2.24) is 20.1 Å². The van der Waals surface area contributed by atoms with Gasteiger partial charge in [-0.3, -0.25) is 9.59 Å². The molecule has 4 amide bonds. The van der Waals surface area contributed by atoms with Gasteiger partial charge in [0.15, 0.2) is 0 Å². The first-order valence-corrected chi connectivity index (χ1v) is 16.4. The Labute approximate surface area is 286 Å². The summed E-state index contributed by atoms with van der Waals surface area (Å²) in [7, 11) is 3.58. The highest BCUT2D eigenvalue weighted by molar-refractivity contribution is 6.08. The summed E-state index contributed by atoms with van der Waals surface area (Å²) in [5.74, 6) is -0.188. The lowest BCUT2D eigenvalue weighted by Gasteiger charge is -2.35. The van der Waals surface area contributed by atoms with Crippen molar-refractivity contribution < 1.29 is 19.5 Å². The third kappa shape index (κ3) is 7.06. The number of carbonyl (C=O) groups is 3. The molecule has 0 fully saturated rings. The van der Waals surface area contributed by atoms with E-state index in [1.54, 1.807) is 36.2 Å². The zero-order valence-electron chi connectivity index (χ0n) is 28.2. The monoisotopic (exact) mass is 655 g/mol. The smallest absolute Gasteiger partial charge is 0.315 e.